The fraction of sp³-hybridized carbons (Fsp3) is 0.923. The Morgan fingerprint density at radius 3 is 2.45 bits per heavy atom. The number of piperazine rings is 1. The largest absolute Gasteiger partial charge is 0.381 e. The van der Waals surface area contributed by atoms with Crippen LogP contribution in [0, 0.1) is 5.92 Å². The van der Waals surface area contributed by atoms with E-state index in [4.69, 9.17) is 10.5 Å². The molecule has 2 fully saturated rings. The molecule has 0 aromatic heterocycles. The molecular formula is C13H27Cl2N3O2. The fourth-order valence-electron chi connectivity index (χ4n) is 2.68. The van der Waals surface area contributed by atoms with Gasteiger partial charge >= 0.3 is 0 Å². The summed E-state index contributed by atoms with van der Waals surface area (Å²) in [4.78, 5) is 16.3. The van der Waals surface area contributed by atoms with Gasteiger partial charge in [0.15, 0.2) is 0 Å². The highest BCUT2D eigenvalue weighted by molar-refractivity contribution is 5.85. The molecule has 2 aliphatic rings. The van der Waals surface area contributed by atoms with Crippen LogP contribution >= 0.6 is 24.8 Å². The number of rotatable bonds is 5. The lowest BCUT2D eigenvalue weighted by Gasteiger charge is -2.35. The zero-order valence-electron chi connectivity index (χ0n) is 12.0. The minimum Gasteiger partial charge on any atom is -0.381 e. The summed E-state index contributed by atoms with van der Waals surface area (Å²) in [6.45, 7) is 7.32. The Bertz CT molecular complexity index is 268. The second-order valence-corrected chi connectivity index (χ2v) is 5.30. The Balaban J connectivity index is 0.00000180. The molecule has 0 aromatic carbocycles. The molecule has 0 spiro atoms. The van der Waals surface area contributed by atoms with Gasteiger partial charge in [-0.1, -0.05) is 0 Å². The summed E-state index contributed by atoms with van der Waals surface area (Å²) in [6.07, 6.45) is 2.60. The first kappa shape index (κ1) is 19.9. The molecule has 2 aliphatic heterocycles. The Morgan fingerprint density at radius 2 is 1.90 bits per heavy atom. The number of amides is 1. The quantitative estimate of drug-likeness (QED) is 0.809. The van der Waals surface area contributed by atoms with Gasteiger partial charge in [0.05, 0.1) is 6.61 Å². The topological polar surface area (TPSA) is 58.8 Å². The summed E-state index contributed by atoms with van der Waals surface area (Å²) < 4.78 is 5.40. The average molecular weight is 328 g/mol. The normalized spacial score (nSPS) is 23.1. The van der Waals surface area contributed by atoms with Crippen LogP contribution in [0.15, 0.2) is 0 Å². The van der Waals surface area contributed by atoms with Gasteiger partial charge in [0.25, 0.3) is 0 Å². The van der Waals surface area contributed by atoms with Crippen molar-refractivity contribution in [2.75, 3.05) is 52.5 Å². The summed E-state index contributed by atoms with van der Waals surface area (Å²) in [5.41, 5.74) is 5.43. The molecule has 0 saturated carbocycles. The van der Waals surface area contributed by atoms with Crippen molar-refractivity contribution in [2.45, 2.75) is 19.3 Å². The van der Waals surface area contributed by atoms with Gasteiger partial charge in [-0.15, -0.1) is 24.8 Å². The van der Waals surface area contributed by atoms with Crippen LogP contribution in [-0.4, -0.2) is 68.2 Å². The standard InChI is InChI=1S/C13H25N3O2.2ClH/c14-4-1-2-13(17)16-7-5-15(6-8-16)10-12-3-9-18-11-12;;/h12H,1-11,14H2;2*1H. The van der Waals surface area contributed by atoms with Crippen molar-refractivity contribution in [3.05, 3.63) is 0 Å². The molecule has 2 N–H and O–H groups in total. The first-order valence-corrected chi connectivity index (χ1v) is 7.07. The van der Waals surface area contributed by atoms with Gasteiger partial charge in [0.1, 0.15) is 0 Å². The third-order valence-electron chi connectivity index (χ3n) is 3.86. The molecule has 0 aromatic rings. The number of halogens is 2. The highest BCUT2D eigenvalue weighted by atomic mass is 35.5. The molecule has 2 rings (SSSR count). The maximum Gasteiger partial charge on any atom is 0.222 e. The van der Waals surface area contributed by atoms with Gasteiger partial charge in [0, 0.05) is 45.8 Å². The highest BCUT2D eigenvalue weighted by Crippen LogP contribution is 2.15. The summed E-state index contributed by atoms with van der Waals surface area (Å²) in [5, 5.41) is 0. The van der Waals surface area contributed by atoms with E-state index in [9.17, 15) is 4.79 Å². The summed E-state index contributed by atoms with van der Waals surface area (Å²) >= 11 is 0. The van der Waals surface area contributed by atoms with Crippen LogP contribution in [0.4, 0.5) is 0 Å². The van der Waals surface area contributed by atoms with Crippen LogP contribution in [0.25, 0.3) is 0 Å². The van der Waals surface area contributed by atoms with E-state index in [1.165, 1.54) is 6.42 Å². The van der Waals surface area contributed by atoms with Crippen LogP contribution in [0.1, 0.15) is 19.3 Å². The van der Waals surface area contributed by atoms with Crippen molar-refractivity contribution >= 4 is 30.7 Å². The molecule has 5 nitrogen and oxygen atoms in total. The number of hydrogen-bond acceptors (Lipinski definition) is 4. The van der Waals surface area contributed by atoms with E-state index in [1.54, 1.807) is 0 Å². The van der Waals surface area contributed by atoms with Gasteiger partial charge in [-0.05, 0) is 25.3 Å². The predicted octanol–water partition coefficient (Wildman–Crippen LogP) is 0.750. The third-order valence-corrected chi connectivity index (χ3v) is 3.86. The number of hydrogen-bond donors (Lipinski definition) is 1. The maximum absolute atomic E-state index is 11.8. The smallest absolute Gasteiger partial charge is 0.222 e. The van der Waals surface area contributed by atoms with Crippen LogP contribution in [-0.2, 0) is 9.53 Å². The van der Waals surface area contributed by atoms with Crippen molar-refractivity contribution in [3.63, 3.8) is 0 Å². The van der Waals surface area contributed by atoms with E-state index in [-0.39, 0.29) is 30.7 Å². The van der Waals surface area contributed by atoms with Crippen LogP contribution in [0.5, 0.6) is 0 Å². The molecule has 1 unspecified atom stereocenters. The molecule has 0 radical (unpaired) electrons. The predicted molar refractivity (Wildman–Crippen MR) is 84.7 cm³/mol. The van der Waals surface area contributed by atoms with E-state index in [1.807, 2.05) is 4.90 Å². The number of carbonyl (C=O) groups excluding carboxylic acids is 1. The second-order valence-electron chi connectivity index (χ2n) is 5.30. The van der Waals surface area contributed by atoms with Crippen molar-refractivity contribution in [1.29, 1.82) is 0 Å². The molecular weight excluding hydrogens is 301 g/mol. The molecule has 0 aliphatic carbocycles. The van der Waals surface area contributed by atoms with Gasteiger partial charge in [0.2, 0.25) is 5.91 Å². The minimum atomic E-state index is 0. The molecule has 120 valence electrons. The summed E-state index contributed by atoms with van der Waals surface area (Å²) in [6, 6.07) is 0. The zero-order chi connectivity index (χ0) is 12.8. The van der Waals surface area contributed by atoms with Crippen molar-refractivity contribution in [1.82, 2.24) is 9.80 Å². The maximum atomic E-state index is 11.8. The number of ether oxygens (including phenoxy) is 1. The minimum absolute atomic E-state index is 0. The van der Waals surface area contributed by atoms with E-state index < -0.39 is 0 Å². The fourth-order valence-corrected chi connectivity index (χ4v) is 2.68. The SMILES string of the molecule is Cl.Cl.NCCCC(=O)N1CCN(CC2CCOC2)CC1. The molecule has 2 saturated heterocycles. The second kappa shape index (κ2) is 10.6. The Morgan fingerprint density at radius 1 is 1.20 bits per heavy atom. The molecule has 2 heterocycles. The molecule has 7 heteroatoms. The lowest BCUT2D eigenvalue weighted by molar-refractivity contribution is -0.133. The van der Waals surface area contributed by atoms with Crippen molar-refractivity contribution < 1.29 is 9.53 Å². The Labute approximate surface area is 134 Å². The zero-order valence-corrected chi connectivity index (χ0v) is 13.6. The number of carbonyl (C=O) groups is 1. The van der Waals surface area contributed by atoms with E-state index in [0.29, 0.717) is 18.9 Å². The van der Waals surface area contributed by atoms with Crippen LogP contribution in [0.2, 0.25) is 0 Å². The van der Waals surface area contributed by atoms with Gasteiger partial charge < -0.3 is 15.4 Å². The van der Waals surface area contributed by atoms with Crippen LogP contribution < -0.4 is 5.73 Å². The van der Waals surface area contributed by atoms with E-state index >= 15 is 0 Å². The van der Waals surface area contributed by atoms with Crippen LogP contribution in [0.3, 0.4) is 0 Å². The van der Waals surface area contributed by atoms with Gasteiger partial charge in [-0.2, -0.15) is 0 Å². The summed E-state index contributed by atoms with van der Waals surface area (Å²) in [7, 11) is 0. The number of nitrogens with zero attached hydrogens (tertiary/aromatic N) is 2. The first-order valence-electron chi connectivity index (χ1n) is 7.07. The lowest BCUT2D eigenvalue weighted by atomic mass is 10.1. The molecule has 1 atom stereocenters. The van der Waals surface area contributed by atoms with Gasteiger partial charge in [-0.3, -0.25) is 9.69 Å². The molecule has 0 bridgehead atoms. The van der Waals surface area contributed by atoms with Crippen molar-refractivity contribution in [2.24, 2.45) is 11.7 Å². The van der Waals surface area contributed by atoms with Crippen molar-refractivity contribution in [3.8, 4) is 0 Å². The Kier molecular flexibility index (Phi) is 10.6. The Hall–Kier alpha value is -0.0700. The summed E-state index contributed by atoms with van der Waals surface area (Å²) in [5.74, 6) is 0.966. The van der Waals surface area contributed by atoms with Gasteiger partial charge in [-0.25, -0.2) is 0 Å². The third kappa shape index (κ3) is 6.14. The number of nitrogens with two attached hydrogens (primary N) is 1. The monoisotopic (exact) mass is 327 g/mol. The highest BCUT2D eigenvalue weighted by Gasteiger charge is 2.24. The lowest BCUT2D eigenvalue weighted by Crippen LogP contribution is -2.49. The average Bonchev–Trinajstić information content (AvgIpc) is 2.89. The first-order chi connectivity index (χ1) is 8.79. The molecule has 20 heavy (non-hydrogen) atoms. The van der Waals surface area contributed by atoms with E-state index in [0.717, 1.165) is 52.4 Å². The van der Waals surface area contributed by atoms with E-state index in [2.05, 4.69) is 4.90 Å². The molecule has 1 amide bonds.